The summed E-state index contributed by atoms with van der Waals surface area (Å²) >= 11 is 0. The third-order valence-corrected chi connectivity index (χ3v) is 8.53. The van der Waals surface area contributed by atoms with E-state index in [1.165, 1.54) is 23.4 Å². The Morgan fingerprint density at radius 1 is 0.850 bits per heavy atom. The van der Waals surface area contributed by atoms with Crippen LogP contribution in [0.1, 0.15) is 44.0 Å². The minimum atomic E-state index is -0.247. The molecule has 1 amide bonds. The van der Waals surface area contributed by atoms with E-state index in [0.717, 1.165) is 74.7 Å². The topological polar surface area (TPSA) is 44.6 Å². The van der Waals surface area contributed by atoms with E-state index in [-0.39, 0.29) is 11.7 Å². The summed E-state index contributed by atoms with van der Waals surface area (Å²) in [4.78, 5) is 25.2. The summed E-state index contributed by atoms with van der Waals surface area (Å²) in [5.41, 5.74) is 5.46. The molecule has 0 radical (unpaired) electrons. The molecular weight excluding hydrogens is 501 g/mol. The smallest absolute Gasteiger partial charge is 0.225 e. The molecule has 7 heteroatoms. The maximum absolute atomic E-state index is 13.6. The molecule has 3 aromatic carbocycles. The zero-order valence-corrected chi connectivity index (χ0v) is 23.5. The lowest BCUT2D eigenvalue weighted by Crippen LogP contribution is -2.51. The van der Waals surface area contributed by atoms with Gasteiger partial charge in [0, 0.05) is 43.5 Å². The van der Waals surface area contributed by atoms with Crippen LogP contribution in [-0.2, 0) is 11.3 Å². The minimum Gasteiger partial charge on any atom is -0.368 e. The Morgan fingerprint density at radius 3 is 2.17 bits per heavy atom. The molecule has 0 aliphatic carbocycles. The standard InChI is InChI=1S/C33H38FN5O/c1-24(2)25-7-11-28(12-8-25)37-19-21-38(22-20-37)33(40)26-15-17-36(18-16-26)23-32-35-30-5-3-4-6-31(30)39(32)29-13-9-27(34)10-14-29/h3-14,24,26H,15-23H2,1-2H3. The highest BCUT2D eigenvalue weighted by Gasteiger charge is 2.31. The summed E-state index contributed by atoms with van der Waals surface area (Å²) in [5, 5.41) is 0. The van der Waals surface area contributed by atoms with Crippen LogP contribution in [0.4, 0.5) is 10.1 Å². The first-order valence-electron chi connectivity index (χ1n) is 14.5. The number of fused-ring (bicyclic) bond motifs is 1. The van der Waals surface area contributed by atoms with Crippen LogP contribution in [0.5, 0.6) is 0 Å². The molecule has 2 fully saturated rings. The number of carbonyl (C=O) groups is 1. The number of piperazine rings is 1. The van der Waals surface area contributed by atoms with E-state index in [0.29, 0.717) is 18.4 Å². The Balaban J connectivity index is 1.05. The Bertz CT molecular complexity index is 1450. The Labute approximate surface area is 236 Å². The van der Waals surface area contributed by atoms with Gasteiger partial charge in [-0.25, -0.2) is 9.37 Å². The van der Waals surface area contributed by atoms with Crippen molar-refractivity contribution in [3.63, 3.8) is 0 Å². The molecule has 0 bridgehead atoms. The van der Waals surface area contributed by atoms with Crippen LogP contribution in [0.15, 0.2) is 72.8 Å². The lowest BCUT2D eigenvalue weighted by molar-refractivity contribution is -0.137. The van der Waals surface area contributed by atoms with E-state index in [9.17, 15) is 9.18 Å². The van der Waals surface area contributed by atoms with Gasteiger partial charge in [-0.15, -0.1) is 0 Å². The molecule has 0 N–H and O–H groups in total. The van der Waals surface area contributed by atoms with Crippen molar-refractivity contribution < 1.29 is 9.18 Å². The number of anilines is 1. The van der Waals surface area contributed by atoms with Gasteiger partial charge in [0.2, 0.25) is 5.91 Å². The summed E-state index contributed by atoms with van der Waals surface area (Å²) in [5.74, 6) is 1.63. The van der Waals surface area contributed by atoms with Crippen LogP contribution in [0.3, 0.4) is 0 Å². The lowest BCUT2D eigenvalue weighted by atomic mass is 9.95. The van der Waals surface area contributed by atoms with Crippen LogP contribution in [0.25, 0.3) is 16.7 Å². The SMILES string of the molecule is CC(C)c1ccc(N2CCN(C(=O)C3CCN(Cc4nc5ccccc5n4-c4ccc(F)cc4)CC3)CC2)cc1. The van der Waals surface area contributed by atoms with Crippen molar-refractivity contribution in [1.29, 1.82) is 0 Å². The monoisotopic (exact) mass is 539 g/mol. The largest absolute Gasteiger partial charge is 0.368 e. The number of benzene rings is 3. The van der Waals surface area contributed by atoms with Crippen LogP contribution >= 0.6 is 0 Å². The van der Waals surface area contributed by atoms with Crippen molar-refractivity contribution in [3.8, 4) is 5.69 Å². The van der Waals surface area contributed by atoms with E-state index in [4.69, 9.17) is 4.98 Å². The van der Waals surface area contributed by atoms with Crippen molar-refractivity contribution >= 4 is 22.6 Å². The highest BCUT2D eigenvalue weighted by atomic mass is 19.1. The summed E-state index contributed by atoms with van der Waals surface area (Å²) in [6, 6.07) is 23.5. The van der Waals surface area contributed by atoms with Gasteiger partial charge in [-0.05, 0) is 85.9 Å². The van der Waals surface area contributed by atoms with Gasteiger partial charge in [-0.1, -0.05) is 38.1 Å². The third-order valence-electron chi connectivity index (χ3n) is 8.53. The van der Waals surface area contributed by atoms with Crippen molar-refractivity contribution in [2.24, 2.45) is 5.92 Å². The molecule has 2 saturated heterocycles. The second-order valence-electron chi connectivity index (χ2n) is 11.4. The van der Waals surface area contributed by atoms with Gasteiger partial charge in [0.1, 0.15) is 11.6 Å². The zero-order valence-electron chi connectivity index (χ0n) is 23.5. The number of para-hydroxylation sites is 2. The number of aromatic nitrogens is 2. The third kappa shape index (κ3) is 5.48. The number of halogens is 1. The summed E-state index contributed by atoms with van der Waals surface area (Å²) in [7, 11) is 0. The molecule has 2 aliphatic heterocycles. The second-order valence-corrected chi connectivity index (χ2v) is 11.4. The zero-order chi connectivity index (χ0) is 27.6. The first-order valence-corrected chi connectivity index (χ1v) is 14.5. The second kappa shape index (κ2) is 11.4. The van der Waals surface area contributed by atoms with E-state index < -0.39 is 0 Å². The number of carbonyl (C=O) groups excluding carboxylic acids is 1. The Morgan fingerprint density at radius 2 is 1.50 bits per heavy atom. The minimum absolute atomic E-state index is 0.0871. The Kier molecular flexibility index (Phi) is 7.57. The average Bonchev–Trinajstić information content (AvgIpc) is 3.35. The fourth-order valence-corrected chi connectivity index (χ4v) is 6.11. The number of likely N-dealkylation sites (tertiary alicyclic amines) is 1. The molecule has 0 saturated carbocycles. The van der Waals surface area contributed by atoms with Gasteiger partial charge in [-0.2, -0.15) is 0 Å². The molecule has 4 aromatic rings. The predicted octanol–water partition coefficient (Wildman–Crippen LogP) is 5.85. The molecule has 2 aliphatic rings. The lowest BCUT2D eigenvalue weighted by Gasteiger charge is -2.39. The molecule has 0 atom stereocenters. The summed E-state index contributed by atoms with van der Waals surface area (Å²) in [6.45, 7) is 10.2. The van der Waals surface area contributed by atoms with E-state index in [1.807, 2.05) is 18.2 Å². The van der Waals surface area contributed by atoms with Crippen molar-refractivity contribution in [2.45, 2.75) is 39.2 Å². The summed E-state index contributed by atoms with van der Waals surface area (Å²) < 4.78 is 15.7. The van der Waals surface area contributed by atoms with E-state index in [1.54, 1.807) is 12.1 Å². The highest BCUT2D eigenvalue weighted by Crippen LogP contribution is 2.27. The number of piperidine rings is 1. The van der Waals surface area contributed by atoms with Crippen LogP contribution < -0.4 is 4.90 Å². The predicted molar refractivity (Wildman–Crippen MR) is 158 cm³/mol. The normalized spacial score (nSPS) is 17.2. The first-order chi connectivity index (χ1) is 19.5. The molecule has 6 nitrogen and oxygen atoms in total. The molecule has 6 rings (SSSR count). The van der Waals surface area contributed by atoms with Gasteiger partial charge in [0.15, 0.2) is 0 Å². The number of hydrogen-bond acceptors (Lipinski definition) is 4. The van der Waals surface area contributed by atoms with Crippen LogP contribution in [-0.4, -0.2) is 64.5 Å². The fraction of sp³-hybridized carbons (Fsp3) is 0.394. The highest BCUT2D eigenvalue weighted by molar-refractivity contribution is 5.79. The van der Waals surface area contributed by atoms with Crippen molar-refractivity contribution in [3.05, 3.63) is 90.0 Å². The fourth-order valence-electron chi connectivity index (χ4n) is 6.11. The number of hydrogen-bond donors (Lipinski definition) is 0. The van der Waals surface area contributed by atoms with Gasteiger partial charge in [0.25, 0.3) is 0 Å². The number of imidazole rings is 1. The maximum atomic E-state index is 13.6. The van der Waals surface area contributed by atoms with Gasteiger partial charge >= 0.3 is 0 Å². The van der Waals surface area contributed by atoms with Gasteiger partial charge in [-0.3, -0.25) is 14.3 Å². The average molecular weight is 540 g/mol. The number of amides is 1. The molecule has 208 valence electrons. The Hall–Kier alpha value is -3.71. The quantitative estimate of drug-likeness (QED) is 0.308. The molecule has 0 spiro atoms. The molecular formula is C33H38FN5O. The van der Waals surface area contributed by atoms with Crippen LogP contribution in [0.2, 0.25) is 0 Å². The van der Waals surface area contributed by atoms with E-state index in [2.05, 4.69) is 63.4 Å². The molecule has 1 aromatic heterocycles. The van der Waals surface area contributed by atoms with Gasteiger partial charge < -0.3 is 9.80 Å². The number of nitrogens with zero attached hydrogens (tertiary/aromatic N) is 5. The van der Waals surface area contributed by atoms with Crippen molar-refractivity contribution in [1.82, 2.24) is 19.4 Å². The van der Waals surface area contributed by atoms with Gasteiger partial charge in [0.05, 0.1) is 17.6 Å². The molecule has 3 heterocycles. The van der Waals surface area contributed by atoms with Crippen molar-refractivity contribution in [2.75, 3.05) is 44.2 Å². The summed E-state index contributed by atoms with van der Waals surface area (Å²) in [6.07, 6.45) is 1.74. The maximum Gasteiger partial charge on any atom is 0.225 e. The number of rotatable bonds is 6. The first kappa shape index (κ1) is 26.5. The van der Waals surface area contributed by atoms with E-state index >= 15 is 0 Å². The van der Waals surface area contributed by atoms with Crippen LogP contribution in [0, 0.1) is 11.7 Å². The molecule has 0 unspecified atom stereocenters. The molecule has 40 heavy (non-hydrogen) atoms.